The zero-order valence-electron chi connectivity index (χ0n) is 17.1. The summed E-state index contributed by atoms with van der Waals surface area (Å²) in [6.45, 7) is 6.95. The van der Waals surface area contributed by atoms with E-state index < -0.39 is 11.6 Å². The Bertz CT molecular complexity index is 665. The van der Waals surface area contributed by atoms with E-state index in [9.17, 15) is 4.79 Å². The molecule has 28 heavy (non-hydrogen) atoms. The number of benzene rings is 1. The minimum absolute atomic E-state index is 0.400. The first-order chi connectivity index (χ1) is 13.3. The molecule has 2 atom stereocenters. The van der Waals surface area contributed by atoms with E-state index >= 15 is 0 Å². The molecule has 0 aliphatic heterocycles. The van der Waals surface area contributed by atoms with Gasteiger partial charge in [0, 0.05) is 25.9 Å². The van der Waals surface area contributed by atoms with Crippen LogP contribution >= 0.6 is 41.3 Å². The summed E-state index contributed by atoms with van der Waals surface area (Å²) in [6.07, 6.45) is 2.60. The molecule has 0 aromatic heterocycles. The van der Waals surface area contributed by atoms with Gasteiger partial charge in [-0.05, 0) is 36.8 Å². The molecular formula is C18H30N3O2PS4. The van der Waals surface area contributed by atoms with Gasteiger partial charge in [0.25, 0.3) is 0 Å². The average molecular weight is 480 g/mol. The van der Waals surface area contributed by atoms with E-state index in [-0.39, 0.29) is 0 Å². The Morgan fingerprint density at radius 1 is 1.25 bits per heavy atom. The highest BCUT2D eigenvalue weighted by atomic mass is 32.9. The van der Waals surface area contributed by atoms with Crippen molar-refractivity contribution >= 4 is 64.7 Å². The molecule has 0 spiro atoms. The van der Waals surface area contributed by atoms with Gasteiger partial charge in [-0.2, -0.15) is 4.08 Å². The lowest BCUT2D eigenvalue weighted by atomic mass is 10.3. The number of thiocarbonyl (C=S) groups is 1. The predicted molar refractivity (Wildman–Crippen MR) is 132 cm³/mol. The smallest absolute Gasteiger partial charge is 0.410 e. The summed E-state index contributed by atoms with van der Waals surface area (Å²) in [5.74, 6) is 0.526. The van der Waals surface area contributed by atoms with Crippen molar-refractivity contribution in [2.45, 2.75) is 45.3 Å². The van der Waals surface area contributed by atoms with E-state index in [0.29, 0.717) is 17.5 Å². The third kappa shape index (κ3) is 7.84. The first-order valence-corrected chi connectivity index (χ1v) is 14.6. The van der Waals surface area contributed by atoms with E-state index in [2.05, 4.69) is 13.8 Å². The summed E-state index contributed by atoms with van der Waals surface area (Å²) < 4.78 is 11.1. The maximum atomic E-state index is 12.7. The van der Waals surface area contributed by atoms with Crippen molar-refractivity contribution in [1.29, 1.82) is 0 Å². The fraction of sp³-hybridized carbons (Fsp3) is 0.556. The third-order valence-electron chi connectivity index (χ3n) is 3.72. The molecule has 1 amide bonds. The molecule has 0 saturated carbocycles. The highest BCUT2D eigenvalue weighted by Gasteiger charge is 2.33. The molecule has 1 aromatic carbocycles. The van der Waals surface area contributed by atoms with Crippen molar-refractivity contribution < 1.29 is 9.53 Å². The van der Waals surface area contributed by atoms with E-state index in [0.717, 1.165) is 19.3 Å². The second-order valence-electron chi connectivity index (χ2n) is 6.20. The van der Waals surface area contributed by atoms with E-state index in [1.165, 1.54) is 12.1 Å². The molecule has 0 heterocycles. The molecular weight excluding hydrogens is 449 g/mol. The van der Waals surface area contributed by atoms with Crippen LogP contribution in [0.15, 0.2) is 30.3 Å². The Morgan fingerprint density at radius 3 is 2.43 bits per heavy atom. The van der Waals surface area contributed by atoms with Crippen LogP contribution in [0.1, 0.15) is 40.0 Å². The van der Waals surface area contributed by atoms with Crippen molar-refractivity contribution in [1.82, 2.24) is 13.1 Å². The maximum Gasteiger partial charge on any atom is 0.426 e. The van der Waals surface area contributed by atoms with E-state index in [4.69, 9.17) is 28.8 Å². The summed E-state index contributed by atoms with van der Waals surface area (Å²) in [4.78, 5) is 12.7. The number of rotatable bonds is 12. The van der Waals surface area contributed by atoms with Crippen molar-refractivity contribution in [3.05, 3.63) is 30.3 Å². The molecule has 10 heteroatoms. The van der Waals surface area contributed by atoms with Crippen LogP contribution < -0.4 is 4.74 Å². The van der Waals surface area contributed by atoms with E-state index in [1.54, 1.807) is 33.3 Å². The molecule has 2 unspecified atom stereocenters. The second-order valence-corrected chi connectivity index (χ2v) is 15.4. The number of carbonyl (C=O) groups excluding carboxylic acids is 1. The fourth-order valence-corrected chi connectivity index (χ4v) is 11.4. The summed E-state index contributed by atoms with van der Waals surface area (Å²) in [6, 6.07) is 9.10. The van der Waals surface area contributed by atoms with Crippen LogP contribution in [0.25, 0.3) is 0 Å². The fourth-order valence-electron chi connectivity index (χ4n) is 2.29. The van der Waals surface area contributed by atoms with Gasteiger partial charge in [-0.15, -0.1) is 0 Å². The Kier molecular flexibility index (Phi) is 12.0. The molecule has 0 radical (unpaired) electrons. The van der Waals surface area contributed by atoms with Crippen molar-refractivity contribution in [3.63, 3.8) is 0 Å². The van der Waals surface area contributed by atoms with Gasteiger partial charge in [-0.3, -0.25) is 0 Å². The van der Waals surface area contributed by atoms with Gasteiger partial charge in [-0.1, -0.05) is 69.0 Å². The highest BCUT2D eigenvalue weighted by Crippen LogP contribution is 2.67. The van der Waals surface area contributed by atoms with Crippen LogP contribution in [-0.2, 0) is 11.8 Å². The zero-order chi connectivity index (χ0) is 21.2. The monoisotopic (exact) mass is 479 g/mol. The first-order valence-electron chi connectivity index (χ1n) is 9.22. The van der Waals surface area contributed by atoms with Crippen LogP contribution in [0.4, 0.5) is 4.79 Å². The number of para-hydroxylation sites is 1. The minimum Gasteiger partial charge on any atom is -0.410 e. The van der Waals surface area contributed by atoms with Crippen LogP contribution in [-0.4, -0.2) is 50.5 Å². The van der Waals surface area contributed by atoms with Crippen LogP contribution in [0.2, 0.25) is 0 Å². The molecule has 1 aromatic rings. The topological polar surface area (TPSA) is 36.0 Å². The lowest BCUT2D eigenvalue weighted by molar-refractivity contribution is 0.181. The third-order valence-corrected chi connectivity index (χ3v) is 14.7. The lowest BCUT2D eigenvalue weighted by Gasteiger charge is -2.39. The standard InChI is InChI=1S/C18H30N3O2PS4/c1-6-11-16(3)27-24(26,19(4)15-25)20(5)28-21(14-7-2)18(22)23-17-12-9-8-10-13-17/h8-10,12-13,15-16H,6-7,11,14H2,1-5H3. The van der Waals surface area contributed by atoms with Gasteiger partial charge in [0.05, 0.1) is 17.6 Å². The Morgan fingerprint density at radius 2 is 1.89 bits per heavy atom. The molecule has 1 rings (SSSR count). The normalized spacial score (nSPS) is 14.2. The van der Waals surface area contributed by atoms with Crippen LogP contribution in [0.3, 0.4) is 0 Å². The molecule has 0 fully saturated rings. The summed E-state index contributed by atoms with van der Waals surface area (Å²) >= 11 is 14.3. The lowest BCUT2D eigenvalue weighted by Crippen LogP contribution is -2.32. The molecule has 0 bridgehead atoms. The van der Waals surface area contributed by atoms with Gasteiger partial charge < -0.3 is 9.41 Å². The van der Waals surface area contributed by atoms with Gasteiger partial charge >= 0.3 is 6.09 Å². The molecule has 0 aliphatic rings. The summed E-state index contributed by atoms with van der Waals surface area (Å²) in [5.41, 5.74) is -0.609. The molecule has 0 aliphatic carbocycles. The SMILES string of the molecule is CCCC(C)SP(=S)(N(C)C=S)N(C)SN(CCC)C(=O)Oc1ccccc1. The van der Waals surface area contributed by atoms with Gasteiger partial charge in [0.1, 0.15) is 5.75 Å². The Hall–Kier alpha value is -0.310. The van der Waals surface area contributed by atoms with Crippen molar-refractivity contribution in [2.24, 2.45) is 0 Å². The van der Waals surface area contributed by atoms with Gasteiger partial charge in [-0.25, -0.2) is 9.10 Å². The van der Waals surface area contributed by atoms with Gasteiger partial charge in [0.2, 0.25) is 0 Å². The zero-order valence-corrected chi connectivity index (χ0v) is 21.3. The summed E-state index contributed by atoms with van der Waals surface area (Å²) in [5, 5.41) is 0.409. The number of ether oxygens (including phenoxy) is 1. The Balaban J connectivity index is 2.95. The summed E-state index contributed by atoms with van der Waals surface area (Å²) in [7, 11) is 3.86. The van der Waals surface area contributed by atoms with Crippen molar-refractivity contribution in [2.75, 3.05) is 20.6 Å². The number of hydrogen-bond donors (Lipinski definition) is 0. The van der Waals surface area contributed by atoms with Crippen LogP contribution in [0, 0.1) is 0 Å². The number of carbonyl (C=O) groups is 1. The van der Waals surface area contributed by atoms with Gasteiger partial charge in [0.15, 0.2) is 5.54 Å². The maximum absolute atomic E-state index is 12.7. The Labute approximate surface area is 188 Å². The molecule has 0 saturated heterocycles. The predicted octanol–water partition coefficient (Wildman–Crippen LogP) is 6.43. The molecule has 5 nitrogen and oxygen atoms in total. The number of hydrogen-bond acceptors (Lipinski definition) is 6. The van der Waals surface area contributed by atoms with E-state index in [1.807, 2.05) is 48.0 Å². The number of nitrogens with zero attached hydrogens (tertiary/aromatic N) is 3. The van der Waals surface area contributed by atoms with Crippen LogP contribution in [0.5, 0.6) is 5.75 Å². The average Bonchev–Trinajstić information content (AvgIpc) is 2.67. The molecule has 158 valence electrons. The second kappa shape index (κ2) is 13.1. The largest absolute Gasteiger partial charge is 0.426 e. The van der Waals surface area contributed by atoms with Crippen molar-refractivity contribution in [3.8, 4) is 5.75 Å². The minimum atomic E-state index is -2.22. The number of amides is 1. The first kappa shape index (κ1) is 25.7. The highest BCUT2D eigenvalue weighted by molar-refractivity contribution is 8.70. The quantitative estimate of drug-likeness (QED) is 0.193. The molecule has 0 N–H and O–H groups in total.